The van der Waals surface area contributed by atoms with Gasteiger partial charge in [0.25, 0.3) is 11.8 Å². The molecule has 3 heterocycles. The summed E-state index contributed by atoms with van der Waals surface area (Å²) < 4.78 is 16.6. The van der Waals surface area contributed by atoms with E-state index in [2.05, 4.69) is 37.3 Å². The van der Waals surface area contributed by atoms with Crippen LogP contribution in [0.2, 0.25) is 0 Å². The first-order valence-corrected chi connectivity index (χ1v) is 21.7. The van der Waals surface area contributed by atoms with E-state index < -0.39 is 0 Å². The molecule has 4 rings (SSSR count). The Morgan fingerprint density at radius 2 is 1.41 bits per heavy atom. The molecule has 20 heteroatoms. The molecule has 0 spiro atoms. The van der Waals surface area contributed by atoms with Gasteiger partial charge < -0.3 is 46.1 Å². The number of nitrogens with zero attached hydrogens (tertiary/aromatic N) is 2. The molecular weight excluding hydrogens is 803 g/mol. The lowest BCUT2D eigenvalue weighted by molar-refractivity contribution is -0.137. The van der Waals surface area contributed by atoms with Crippen molar-refractivity contribution in [1.29, 1.82) is 0 Å². The molecule has 7 N–H and O–H groups in total. The molecule has 0 bridgehead atoms. The average molecular weight is 862 g/mol. The molecule has 3 aliphatic heterocycles. The third-order valence-corrected chi connectivity index (χ3v) is 11.2. The van der Waals surface area contributed by atoms with Crippen molar-refractivity contribution in [1.82, 2.24) is 41.9 Å². The number of likely N-dealkylation sites (N-methyl/N-ethyl adjacent to an activating group) is 1. The summed E-state index contributed by atoms with van der Waals surface area (Å²) >= 11 is 7.28. The molecular formula is C39H59N9O9S2. The number of anilines is 1. The van der Waals surface area contributed by atoms with Crippen molar-refractivity contribution in [3.05, 3.63) is 42.0 Å². The molecule has 3 aliphatic rings. The number of carbonyl (C=O) groups excluding carboxylic acids is 6. The minimum absolute atomic E-state index is 0.0179. The Hall–Kier alpha value is -4.34. The number of unbranched alkanes of at least 4 members (excludes halogenated alkanes) is 1. The second kappa shape index (κ2) is 26.7. The van der Waals surface area contributed by atoms with Crippen LogP contribution >= 0.6 is 24.0 Å². The highest BCUT2D eigenvalue weighted by atomic mass is 32.2. The fraction of sp³-hybridized carbons (Fsp3) is 0.615. The molecule has 2 fully saturated rings. The van der Waals surface area contributed by atoms with Crippen molar-refractivity contribution >= 4 is 70.3 Å². The number of carbonyl (C=O) groups is 6. The van der Waals surface area contributed by atoms with E-state index in [0.717, 1.165) is 41.2 Å². The van der Waals surface area contributed by atoms with Gasteiger partial charge in [-0.05, 0) is 62.0 Å². The number of hydrazine groups is 1. The second-order valence-corrected chi connectivity index (χ2v) is 16.0. The molecule has 18 nitrogen and oxygen atoms in total. The Kier molecular flexibility index (Phi) is 21.4. The molecule has 0 radical (unpaired) electrons. The van der Waals surface area contributed by atoms with Gasteiger partial charge in [-0.2, -0.15) is 11.8 Å². The summed E-state index contributed by atoms with van der Waals surface area (Å²) in [5.41, 5.74) is 4.71. The zero-order chi connectivity index (χ0) is 42.2. The first kappa shape index (κ1) is 47.3. The van der Waals surface area contributed by atoms with E-state index in [0.29, 0.717) is 95.3 Å². The van der Waals surface area contributed by atoms with Gasteiger partial charge in [0.05, 0.1) is 45.1 Å². The molecule has 326 valence electrons. The fourth-order valence-corrected chi connectivity index (χ4v) is 8.21. The molecule has 0 aliphatic carbocycles. The number of amides is 7. The highest BCUT2D eigenvalue weighted by Gasteiger charge is 2.42. The van der Waals surface area contributed by atoms with Gasteiger partial charge in [-0.1, -0.05) is 18.6 Å². The SMILES string of the molecule is CN(CC(=O)NCCCOCCOCCOCCCNC(=O)CCCN1C(=O)C=CC1=O)NC(=S)Nc1ccc(CNC(=O)CCCC[C@@H]2SC[C@@H]3NC(=O)N[C@@H]32)cc1. The van der Waals surface area contributed by atoms with Crippen LogP contribution in [0.25, 0.3) is 0 Å². The lowest BCUT2D eigenvalue weighted by Gasteiger charge is -2.20. The molecule has 7 amide bonds. The second-order valence-electron chi connectivity index (χ2n) is 14.3. The maximum absolute atomic E-state index is 12.4. The summed E-state index contributed by atoms with van der Waals surface area (Å²) in [5, 5.41) is 20.0. The Bertz CT molecular complexity index is 1570. The van der Waals surface area contributed by atoms with Crippen molar-refractivity contribution in [3.63, 3.8) is 0 Å². The predicted molar refractivity (Wildman–Crippen MR) is 227 cm³/mol. The van der Waals surface area contributed by atoms with Crippen LogP contribution in [0.3, 0.4) is 0 Å². The van der Waals surface area contributed by atoms with Gasteiger partial charge in [0, 0.05) is 88.1 Å². The maximum atomic E-state index is 12.4. The number of rotatable bonds is 29. The smallest absolute Gasteiger partial charge is 0.315 e. The van der Waals surface area contributed by atoms with Gasteiger partial charge in [-0.25, -0.2) is 9.80 Å². The van der Waals surface area contributed by atoms with Gasteiger partial charge in [0.2, 0.25) is 17.7 Å². The van der Waals surface area contributed by atoms with Crippen LogP contribution < -0.4 is 37.3 Å². The summed E-state index contributed by atoms with van der Waals surface area (Å²) in [6, 6.07) is 7.92. The summed E-state index contributed by atoms with van der Waals surface area (Å²) in [6.45, 7) is 4.37. The number of fused-ring (bicyclic) bond motifs is 1. The third kappa shape index (κ3) is 18.6. The summed E-state index contributed by atoms with van der Waals surface area (Å²) in [6.07, 6.45) is 7.64. The van der Waals surface area contributed by atoms with Crippen molar-refractivity contribution in [2.75, 3.05) is 83.9 Å². The summed E-state index contributed by atoms with van der Waals surface area (Å²) in [7, 11) is 1.72. The molecule has 2 saturated heterocycles. The Morgan fingerprint density at radius 3 is 2.08 bits per heavy atom. The molecule has 3 atom stereocenters. The lowest BCUT2D eigenvalue weighted by Crippen LogP contribution is -2.46. The minimum atomic E-state index is -0.341. The van der Waals surface area contributed by atoms with Crippen LogP contribution in [-0.4, -0.2) is 147 Å². The lowest BCUT2D eigenvalue weighted by atomic mass is 10.0. The van der Waals surface area contributed by atoms with Gasteiger partial charge in [-0.3, -0.25) is 34.3 Å². The van der Waals surface area contributed by atoms with Crippen LogP contribution in [0.15, 0.2) is 36.4 Å². The van der Waals surface area contributed by atoms with E-state index in [4.69, 9.17) is 26.4 Å². The van der Waals surface area contributed by atoms with Crippen LogP contribution in [0.5, 0.6) is 0 Å². The normalized spacial score (nSPS) is 18.1. The molecule has 0 aromatic heterocycles. The van der Waals surface area contributed by atoms with Gasteiger partial charge in [0.1, 0.15) is 0 Å². The maximum Gasteiger partial charge on any atom is 0.315 e. The quantitative estimate of drug-likeness (QED) is 0.0196. The number of hydrogen-bond donors (Lipinski definition) is 7. The third-order valence-electron chi connectivity index (χ3n) is 9.46. The topological polar surface area (TPSA) is 221 Å². The highest BCUT2D eigenvalue weighted by Crippen LogP contribution is 2.33. The number of nitrogens with one attached hydrogen (secondary N) is 7. The van der Waals surface area contributed by atoms with Crippen LogP contribution in [0, 0.1) is 0 Å². The summed E-state index contributed by atoms with van der Waals surface area (Å²) in [5.74, 6) is -0.0151. The van der Waals surface area contributed by atoms with E-state index in [-0.39, 0.29) is 67.2 Å². The van der Waals surface area contributed by atoms with Crippen molar-refractivity contribution in [2.45, 2.75) is 75.2 Å². The molecule has 59 heavy (non-hydrogen) atoms. The Balaban J connectivity index is 0.886. The van der Waals surface area contributed by atoms with Crippen molar-refractivity contribution < 1.29 is 43.0 Å². The average Bonchev–Trinajstić information content (AvgIpc) is 3.87. The highest BCUT2D eigenvalue weighted by molar-refractivity contribution is 8.00. The number of thiocarbonyl (C=S) groups is 1. The Labute approximate surface area is 355 Å². The van der Waals surface area contributed by atoms with E-state index in [1.165, 1.54) is 12.2 Å². The number of hydrogen-bond acceptors (Lipinski definition) is 12. The van der Waals surface area contributed by atoms with Gasteiger partial charge >= 0.3 is 6.03 Å². The van der Waals surface area contributed by atoms with E-state index in [1.807, 2.05) is 36.0 Å². The number of thioether (sulfide) groups is 1. The summed E-state index contributed by atoms with van der Waals surface area (Å²) in [4.78, 5) is 72.3. The van der Waals surface area contributed by atoms with E-state index in [9.17, 15) is 28.8 Å². The van der Waals surface area contributed by atoms with Gasteiger partial charge in [0.15, 0.2) is 5.11 Å². The fourth-order valence-electron chi connectivity index (χ4n) is 6.40. The first-order valence-electron chi connectivity index (χ1n) is 20.2. The van der Waals surface area contributed by atoms with E-state index >= 15 is 0 Å². The monoisotopic (exact) mass is 861 g/mol. The van der Waals surface area contributed by atoms with E-state index in [1.54, 1.807) is 12.1 Å². The van der Waals surface area contributed by atoms with Crippen molar-refractivity contribution in [3.8, 4) is 0 Å². The number of benzene rings is 1. The van der Waals surface area contributed by atoms with Crippen LogP contribution in [0.4, 0.5) is 10.5 Å². The van der Waals surface area contributed by atoms with Crippen LogP contribution in [0.1, 0.15) is 56.9 Å². The standard InChI is InChI=1S/C39H59N9O9S2/c1-47(46-39(58)43-29-12-10-28(11-13-29)25-42-33(50)8-3-2-7-31-37-30(27-59-31)44-38(54)45-37)26-34(51)41-17-6-20-56-22-24-57-23-21-55-19-5-16-40-32(49)9-4-18-48-35(52)14-15-36(48)53/h10-15,30-31,37H,2-9,16-27H2,1H3,(H,40,49)(H,41,51)(H,42,50)(H2,43,46,58)(H2,44,45,54)/t30-,31-,37-/m0/s1. The number of ether oxygens (including phenoxy) is 3. The number of imide groups is 1. The predicted octanol–water partition coefficient (Wildman–Crippen LogP) is 0.929. The van der Waals surface area contributed by atoms with Crippen molar-refractivity contribution in [2.24, 2.45) is 0 Å². The number of urea groups is 1. The first-order chi connectivity index (χ1) is 28.6. The van der Waals surface area contributed by atoms with Crippen LogP contribution in [-0.2, 0) is 44.7 Å². The Morgan fingerprint density at radius 1 is 0.797 bits per heavy atom. The zero-order valence-corrected chi connectivity index (χ0v) is 35.4. The minimum Gasteiger partial charge on any atom is -0.379 e. The zero-order valence-electron chi connectivity index (χ0n) is 33.7. The van der Waals surface area contributed by atoms with Gasteiger partial charge in [-0.15, -0.1) is 0 Å². The molecule has 0 saturated carbocycles. The molecule has 1 aromatic carbocycles. The molecule has 0 unspecified atom stereocenters. The largest absolute Gasteiger partial charge is 0.379 e. The molecule has 1 aromatic rings.